The Hall–Kier alpha value is -0.500. The van der Waals surface area contributed by atoms with E-state index in [0.717, 1.165) is 30.3 Å². The van der Waals surface area contributed by atoms with Crippen molar-refractivity contribution in [3.8, 4) is 0 Å². The zero-order valence-corrected chi connectivity index (χ0v) is 26.4. The molecule has 0 amide bonds. The number of quaternary nitrogens is 1. The third-order valence-electron chi connectivity index (χ3n) is 6.38. The van der Waals surface area contributed by atoms with Crippen molar-refractivity contribution in [2.24, 2.45) is 0 Å². The molecule has 0 aromatic carbocycles. The smallest absolute Gasteiger partial charge is 0.357 e. The second-order valence-corrected chi connectivity index (χ2v) is 13.1. The minimum absolute atomic E-state index is 0.159. The summed E-state index contributed by atoms with van der Waals surface area (Å²) in [5.74, 6) is -1.78. The minimum Gasteiger partial charge on any atom is -0.462 e. The van der Waals surface area contributed by atoms with Crippen LogP contribution in [0.4, 0.5) is 0 Å². The number of hydrogen-bond acceptors (Lipinski definition) is 5. The first-order chi connectivity index (χ1) is 18.0. The number of esters is 1. The second kappa shape index (κ2) is 26.7. The van der Waals surface area contributed by atoms with Crippen LogP contribution in [0.1, 0.15) is 129 Å². The lowest BCUT2D eigenvalue weighted by Crippen LogP contribution is -2.36. The van der Waals surface area contributed by atoms with Crippen LogP contribution in [0.25, 0.3) is 0 Å². The second-order valence-electron chi connectivity index (χ2n) is 11.3. The lowest BCUT2D eigenvalue weighted by atomic mass is 10.0. The Bertz CT molecular complexity index is 564. The lowest BCUT2D eigenvalue weighted by Gasteiger charge is -2.21. The average Bonchev–Trinajstić information content (AvgIpc) is 2.82. The van der Waals surface area contributed by atoms with Crippen LogP contribution in [0.3, 0.4) is 0 Å². The van der Waals surface area contributed by atoms with Gasteiger partial charge in [-0.3, -0.25) is 9.36 Å². The van der Waals surface area contributed by atoms with Crippen LogP contribution in [0.15, 0.2) is 0 Å². The Kier molecular flexibility index (Phi) is 27.9. The first-order valence-corrected chi connectivity index (χ1v) is 16.9. The zero-order chi connectivity index (χ0) is 29.1. The van der Waals surface area contributed by atoms with Crippen molar-refractivity contribution in [2.45, 2.75) is 135 Å². The standard InChI is InChI=1S/C24H49O6P.C5H14NO/c1-3-5-6-7-8-9-10-11-12-13-14-15-16-17-18-19-20-21-23(25)30-22-24(29-4-2)31(26,27)28;1-6(2,3)4-5-7/h24H,3-22H2,1-2H3,(H2,26,27,28);7H,4-5H2,1-3H3/q;+1. The zero-order valence-electron chi connectivity index (χ0n) is 25.5. The van der Waals surface area contributed by atoms with Crippen molar-refractivity contribution in [1.82, 2.24) is 0 Å². The fourth-order valence-electron chi connectivity index (χ4n) is 3.97. The predicted molar refractivity (Wildman–Crippen MR) is 157 cm³/mol. The minimum atomic E-state index is -4.41. The number of hydrogen-bond donors (Lipinski definition) is 3. The fraction of sp³-hybridized carbons (Fsp3) is 0.966. The number of aliphatic hydroxyl groups excluding tert-OH is 1. The van der Waals surface area contributed by atoms with Crippen molar-refractivity contribution in [3.63, 3.8) is 0 Å². The van der Waals surface area contributed by atoms with Crippen molar-refractivity contribution >= 4 is 13.6 Å². The molecule has 0 aromatic heterocycles. The van der Waals surface area contributed by atoms with Crippen LogP contribution in [-0.2, 0) is 18.8 Å². The highest BCUT2D eigenvalue weighted by atomic mass is 31.2. The van der Waals surface area contributed by atoms with Gasteiger partial charge >= 0.3 is 13.6 Å². The van der Waals surface area contributed by atoms with Gasteiger partial charge < -0.3 is 28.9 Å². The van der Waals surface area contributed by atoms with Gasteiger partial charge in [-0.25, -0.2) is 0 Å². The summed E-state index contributed by atoms with van der Waals surface area (Å²) in [7, 11) is 1.74. The molecule has 8 nitrogen and oxygen atoms in total. The predicted octanol–water partition coefficient (Wildman–Crippen LogP) is 6.80. The molecule has 0 saturated heterocycles. The van der Waals surface area contributed by atoms with Crippen LogP contribution in [-0.4, -0.2) is 78.7 Å². The van der Waals surface area contributed by atoms with Crippen molar-refractivity contribution in [1.29, 1.82) is 0 Å². The van der Waals surface area contributed by atoms with Crippen LogP contribution >= 0.6 is 7.60 Å². The van der Waals surface area contributed by atoms with Gasteiger partial charge in [0.05, 0.1) is 27.7 Å². The third-order valence-corrected chi connectivity index (χ3v) is 7.42. The molecule has 38 heavy (non-hydrogen) atoms. The number of likely N-dealkylation sites (N-methyl/N-ethyl adjacent to an activating group) is 1. The van der Waals surface area contributed by atoms with Gasteiger partial charge in [0.1, 0.15) is 13.2 Å². The Morgan fingerprint density at radius 3 is 1.42 bits per heavy atom. The molecule has 0 aliphatic heterocycles. The molecular formula is C29H63NO7P+. The molecule has 3 N–H and O–H groups in total. The molecular weight excluding hydrogens is 505 g/mol. The third kappa shape index (κ3) is 31.7. The first kappa shape index (κ1) is 39.6. The topological polar surface area (TPSA) is 113 Å². The van der Waals surface area contributed by atoms with E-state index in [2.05, 4.69) is 28.1 Å². The molecule has 0 saturated carbocycles. The number of carbonyl (C=O) groups is 1. The van der Waals surface area contributed by atoms with E-state index in [1.54, 1.807) is 6.92 Å². The molecule has 9 heteroatoms. The van der Waals surface area contributed by atoms with E-state index in [0.29, 0.717) is 6.42 Å². The molecule has 0 heterocycles. The molecule has 0 fully saturated rings. The summed E-state index contributed by atoms with van der Waals surface area (Å²) in [6, 6.07) is 0. The Balaban J connectivity index is 0. The van der Waals surface area contributed by atoms with E-state index in [4.69, 9.17) is 24.4 Å². The first-order valence-electron chi connectivity index (χ1n) is 15.2. The molecule has 1 unspecified atom stereocenters. The largest absolute Gasteiger partial charge is 0.462 e. The summed E-state index contributed by atoms with van der Waals surface area (Å²) in [5.41, 5.74) is 0. The number of nitrogens with zero attached hydrogens (tertiary/aromatic N) is 1. The van der Waals surface area contributed by atoms with Gasteiger partial charge in [0.15, 0.2) is 5.85 Å². The monoisotopic (exact) mass is 568 g/mol. The maximum Gasteiger partial charge on any atom is 0.357 e. The molecule has 0 bridgehead atoms. The number of rotatable bonds is 25. The fourth-order valence-corrected chi connectivity index (χ4v) is 4.58. The Labute approximate surface area is 234 Å². The van der Waals surface area contributed by atoms with Crippen molar-refractivity contribution in [2.75, 3.05) is 47.5 Å². The van der Waals surface area contributed by atoms with E-state index >= 15 is 0 Å². The molecule has 0 rings (SSSR count). The number of ether oxygens (including phenoxy) is 2. The summed E-state index contributed by atoms with van der Waals surface area (Å²) in [4.78, 5) is 30.0. The summed E-state index contributed by atoms with van der Waals surface area (Å²) in [6.45, 7) is 4.79. The van der Waals surface area contributed by atoms with Crippen molar-refractivity contribution < 1.29 is 38.2 Å². The quantitative estimate of drug-likeness (QED) is 0.0480. The van der Waals surface area contributed by atoms with Crippen LogP contribution in [0.5, 0.6) is 0 Å². The van der Waals surface area contributed by atoms with Gasteiger partial charge in [-0.15, -0.1) is 0 Å². The molecule has 0 radical (unpaired) electrons. The highest BCUT2D eigenvalue weighted by Crippen LogP contribution is 2.41. The summed E-state index contributed by atoms with van der Waals surface area (Å²) in [6.07, 6.45) is 22.2. The Morgan fingerprint density at radius 1 is 0.737 bits per heavy atom. The van der Waals surface area contributed by atoms with Crippen molar-refractivity contribution in [3.05, 3.63) is 0 Å². The van der Waals surface area contributed by atoms with Gasteiger partial charge in [0, 0.05) is 13.0 Å². The molecule has 0 spiro atoms. The lowest BCUT2D eigenvalue weighted by molar-refractivity contribution is -0.870. The molecule has 1 atom stereocenters. The van der Waals surface area contributed by atoms with Crippen LogP contribution in [0, 0.1) is 0 Å². The number of aliphatic hydroxyl groups is 1. The summed E-state index contributed by atoms with van der Waals surface area (Å²) < 4.78 is 22.0. The van der Waals surface area contributed by atoms with Gasteiger partial charge in [0.25, 0.3) is 0 Å². The SMILES string of the molecule is CCCCCCCCCCCCCCCCCCCC(=O)OCC(OCC)P(=O)(O)O.C[N+](C)(C)CCO. The van der Waals surface area contributed by atoms with Gasteiger partial charge in [-0.05, 0) is 13.3 Å². The molecule has 0 aliphatic rings. The normalized spacial score (nSPS) is 12.6. The van der Waals surface area contributed by atoms with E-state index < -0.39 is 26.0 Å². The van der Waals surface area contributed by atoms with Gasteiger partial charge in [-0.2, -0.15) is 0 Å². The maximum absolute atomic E-state index is 11.7. The maximum atomic E-state index is 11.7. The molecule has 0 aromatic rings. The average molecular weight is 569 g/mol. The highest BCUT2D eigenvalue weighted by Gasteiger charge is 2.30. The van der Waals surface area contributed by atoms with Crippen LogP contribution < -0.4 is 0 Å². The number of carbonyl (C=O) groups excluding carboxylic acids is 1. The highest BCUT2D eigenvalue weighted by molar-refractivity contribution is 7.52. The van der Waals surface area contributed by atoms with E-state index in [1.165, 1.54) is 89.9 Å². The van der Waals surface area contributed by atoms with E-state index in [9.17, 15) is 9.36 Å². The van der Waals surface area contributed by atoms with Crippen LogP contribution in [0.2, 0.25) is 0 Å². The van der Waals surface area contributed by atoms with Gasteiger partial charge in [-0.1, -0.05) is 110 Å². The molecule has 0 aliphatic carbocycles. The van der Waals surface area contributed by atoms with Gasteiger partial charge in [0.2, 0.25) is 0 Å². The summed E-state index contributed by atoms with van der Waals surface area (Å²) >= 11 is 0. The van der Waals surface area contributed by atoms with E-state index in [-0.39, 0.29) is 13.2 Å². The molecule has 230 valence electrons. The summed E-state index contributed by atoms with van der Waals surface area (Å²) in [5, 5.41) is 8.39. The Morgan fingerprint density at radius 2 is 1.13 bits per heavy atom. The van der Waals surface area contributed by atoms with E-state index in [1.807, 2.05) is 0 Å². The number of unbranched alkanes of at least 4 members (excludes halogenated alkanes) is 16.